The van der Waals surface area contributed by atoms with E-state index in [4.69, 9.17) is 4.74 Å². The Kier molecular flexibility index (Phi) is 9.01. The zero-order chi connectivity index (χ0) is 15.8. The predicted molar refractivity (Wildman–Crippen MR) is 109 cm³/mol. The van der Waals surface area contributed by atoms with Crippen molar-refractivity contribution in [3.8, 4) is 5.75 Å². The van der Waals surface area contributed by atoms with E-state index in [1.807, 2.05) is 6.07 Å². The summed E-state index contributed by atoms with van der Waals surface area (Å²) in [6.45, 7) is 3.69. The van der Waals surface area contributed by atoms with Gasteiger partial charge in [0.05, 0.1) is 7.11 Å². The molecule has 0 bridgehead atoms. The predicted octanol–water partition coefficient (Wildman–Crippen LogP) is 3.59. The Morgan fingerprint density at radius 1 is 1.26 bits per heavy atom. The van der Waals surface area contributed by atoms with Crippen molar-refractivity contribution in [2.45, 2.75) is 19.9 Å². The first-order chi connectivity index (χ1) is 10.7. The van der Waals surface area contributed by atoms with Gasteiger partial charge in [0.2, 0.25) is 0 Å². The number of aryl methyl sites for hydroxylation is 1. The number of nitrogens with one attached hydrogen (secondary N) is 2. The second-order valence-electron chi connectivity index (χ2n) is 5.05. The number of rotatable bonds is 6. The molecule has 2 N–H and O–H groups in total. The molecule has 0 radical (unpaired) electrons. The van der Waals surface area contributed by atoms with Crippen LogP contribution in [0.3, 0.4) is 0 Å². The molecule has 126 valence electrons. The molecular formula is C17H24IN3OS. The summed E-state index contributed by atoms with van der Waals surface area (Å²) in [4.78, 5) is 4.25. The van der Waals surface area contributed by atoms with E-state index in [1.165, 1.54) is 16.7 Å². The molecule has 0 fully saturated rings. The minimum atomic E-state index is 0. The highest BCUT2D eigenvalue weighted by molar-refractivity contribution is 14.0. The first-order valence-electron chi connectivity index (χ1n) is 7.32. The largest absolute Gasteiger partial charge is 0.496 e. The standard InChI is InChI=1S/C17H23N3OS.HI/c1-13-4-5-16(21-3)15(10-13)6-8-19-17(18-2)20-11-14-7-9-22-12-14;/h4-5,7,9-10,12H,6,8,11H2,1-3H3,(H2,18,19,20);1H. The fourth-order valence-corrected chi connectivity index (χ4v) is 2.89. The van der Waals surface area contributed by atoms with Crippen LogP contribution in [0.1, 0.15) is 16.7 Å². The van der Waals surface area contributed by atoms with E-state index in [-0.39, 0.29) is 24.0 Å². The lowest BCUT2D eigenvalue weighted by atomic mass is 10.1. The Bertz CT molecular complexity index is 614. The second-order valence-corrected chi connectivity index (χ2v) is 5.83. The Morgan fingerprint density at radius 2 is 2.09 bits per heavy atom. The third-order valence-corrected chi connectivity index (χ3v) is 4.12. The van der Waals surface area contributed by atoms with Crippen molar-refractivity contribution in [3.63, 3.8) is 0 Å². The van der Waals surface area contributed by atoms with Crippen molar-refractivity contribution in [1.82, 2.24) is 10.6 Å². The number of benzene rings is 1. The van der Waals surface area contributed by atoms with Crippen LogP contribution < -0.4 is 15.4 Å². The number of thiophene rings is 1. The molecule has 0 saturated carbocycles. The molecule has 0 saturated heterocycles. The molecule has 0 spiro atoms. The molecule has 0 amide bonds. The maximum atomic E-state index is 5.41. The maximum absolute atomic E-state index is 5.41. The fourth-order valence-electron chi connectivity index (χ4n) is 2.22. The van der Waals surface area contributed by atoms with Crippen molar-refractivity contribution >= 4 is 41.3 Å². The Hall–Kier alpha value is -1.28. The Morgan fingerprint density at radius 3 is 2.74 bits per heavy atom. The van der Waals surface area contributed by atoms with Crippen molar-refractivity contribution in [1.29, 1.82) is 0 Å². The average molecular weight is 445 g/mol. The van der Waals surface area contributed by atoms with Gasteiger partial charge in [0.25, 0.3) is 0 Å². The molecule has 1 aromatic heterocycles. The van der Waals surface area contributed by atoms with Gasteiger partial charge < -0.3 is 15.4 Å². The molecule has 1 heterocycles. The quantitative estimate of drug-likeness (QED) is 0.406. The number of methoxy groups -OCH3 is 1. The number of hydrogen-bond donors (Lipinski definition) is 2. The van der Waals surface area contributed by atoms with Gasteiger partial charge in [-0.25, -0.2) is 0 Å². The van der Waals surface area contributed by atoms with Gasteiger partial charge in [-0.05, 0) is 47.4 Å². The summed E-state index contributed by atoms with van der Waals surface area (Å²) in [5.41, 5.74) is 3.73. The molecular weight excluding hydrogens is 421 g/mol. The van der Waals surface area contributed by atoms with Crippen LogP contribution in [0.2, 0.25) is 0 Å². The first kappa shape index (κ1) is 19.8. The number of guanidine groups is 1. The lowest BCUT2D eigenvalue weighted by Crippen LogP contribution is -2.37. The summed E-state index contributed by atoms with van der Waals surface area (Å²) in [6, 6.07) is 8.37. The summed E-state index contributed by atoms with van der Waals surface area (Å²) >= 11 is 1.71. The number of nitrogens with zero attached hydrogens (tertiary/aromatic N) is 1. The zero-order valence-electron chi connectivity index (χ0n) is 13.8. The minimum absolute atomic E-state index is 0. The third kappa shape index (κ3) is 6.39. The highest BCUT2D eigenvalue weighted by Gasteiger charge is 2.04. The molecule has 23 heavy (non-hydrogen) atoms. The molecule has 4 nitrogen and oxygen atoms in total. The molecule has 0 aliphatic carbocycles. The van der Waals surface area contributed by atoms with Crippen LogP contribution in [0.15, 0.2) is 40.0 Å². The van der Waals surface area contributed by atoms with E-state index < -0.39 is 0 Å². The van der Waals surface area contributed by atoms with Gasteiger partial charge in [0, 0.05) is 20.1 Å². The van der Waals surface area contributed by atoms with Crippen molar-refractivity contribution < 1.29 is 4.74 Å². The minimum Gasteiger partial charge on any atom is -0.496 e. The van der Waals surface area contributed by atoms with Crippen LogP contribution in [0.4, 0.5) is 0 Å². The summed E-state index contributed by atoms with van der Waals surface area (Å²) < 4.78 is 5.41. The summed E-state index contributed by atoms with van der Waals surface area (Å²) in [7, 11) is 3.50. The van der Waals surface area contributed by atoms with Crippen molar-refractivity contribution in [2.24, 2.45) is 4.99 Å². The Balaban J connectivity index is 0.00000264. The summed E-state index contributed by atoms with van der Waals surface area (Å²) in [5.74, 6) is 1.76. The summed E-state index contributed by atoms with van der Waals surface area (Å²) in [5, 5.41) is 10.9. The summed E-state index contributed by atoms with van der Waals surface area (Å²) in [6.07, 6.45) is 0.893. The van der Waals surface area contributed by atoms with E-state index in [9.17, 15) is 0 Å². The number of aliphatic imine (C=N–C) groups is 1. The smallest absolute Gasteiger partial charge is 0.191 e. The number of ether oxygens (including phenoxy) is 1. The van der Waals surface area contributed by atoms with Gasteiger partial charge in [-0.2, -0.15) is 11.3 Å². The van der Waals surface area contributed by atoms with Crippen LogP contribution in [-0.2, 0) is 13.0 Å². The lowest BCUT2D eigenvalue weighted by Gasteiger charge is -2.13. The molecule has 0 atom stereocenters. The van der Waals surface area contributed by atoms with Crippen LogP contribution in [0.5, 0.6) is 5.75 Å². The van der Waals surface area contributed by atoms with Gasteiger partial charge in [-0.15, -0.1) is 24.0 Å². The van der Waals surface area contributed by atoms with E-state index in [2.05, 4.69) is 51.5 Å². The molecule has 1 aromatic carbocycles. The van der Waals surface area contributed by atoms with Gasteiger partial charge in [-0.1, -0.05) is 17.7 Å². The number of hydrogen-bond acceptors (Lipinski definition) is 3. The Labute approximate surface area is 159 Å². The zero-order valence-corrected chi connectivity index (χ0v) is 16.9. The molecule has 2 aromatic rings. The average Bonchev–Trinajstić information content (AvgIpc) is 3.04. The van der Waals surface area contributed by atoms with Crippen LogP contribution in [0, 0.1) is 6.92 Å². The van der Waals surface area contributed by atoms with E-state index >= 15 is 0 Å². The first-order valence-corrected chi connectivity index (χ1v) is 8.26. The van der Waals surface area contributed by atoms with Gasteiger partial charge >= 0.3 is 0 Å². The van der Waals surface area contributed by atoms with Crippen LogP contribution in [0.25, 0.3) is 0 Å². The highest BCUT2D eigenvalue weighted by Crippen LogP contribution is 2.19. The van der Waals surface area contributed by atoms with Crippen LogP contribution in [-0.4, -0.2) is 26.7 Å². The van der Waals surface area contributed by atoms with E-state index in [0.717, 1.165) is 31.2 Å². The van der Waals surface area contributed by atoms with E-state index in [1.54, 1.807) is 25.5 Å². The van der Waals surface area contributed by atoms with Gasteiger partial charge in [0.1, 0.15) is 5.75 Å². The third-order valence-electron chi connectivity index (χ3n) is 3.39. The van der Waals surface area contributed by atoms with Gasteiger partial charge in [0.15, 0.2) is 5.96 Å². The molecule has 0 unspecified atom stereocenters. The molecule has 2 rings (SSSR count). The van der Waals surface area contributed by atoms with Crippen molar-refractivity contribution in [3.05, 3.63) is 51.7 Å². The molecule has 0 aliphatic rings. The molecule has 0 aliphatic heterocycles. The normalized spacial score (nSPS) is 10.8. The highest BCUT2D eigenvalue weighted by atomic mass is 127. The second kappa shape index (κ2) is 10.5. The van der Waals surface area contributed by atoms with E-state index in [0.29, 0.717) is 0 Å². The lowest BCUT2D eigenvalue weighted by molar-refractivity contribution is 0.409. The monoisotopic (exact) mass is 445 g/mol. The van der Waals surface area contributed by atoms with Crippen molar-refractivity contribution in [2.75, 3.05) is 20.7 Å². The fraction of sp³-hybridized carbons (Fsp3) is 0.353. The maximum Gasteiger partial charge on any atom is 0.191 e. The molecule has 6 heteroatoms. The van der Waals surface area contributed by atoms with Crippen LogP contribution >= 0.6 is 35.3 Å². The number of halogens is 1. The van der Waals surface area contributed by atoms with Gasteiger partial charge in [-0.3, -0.25) is 4.99 Å². The SMILES string of the molecule is CN=C(NCCc1cc(C)ccc1OC)NCc1ccsc1.I. The topological polar surface area (TPSA) is 45.7 Å².